The number of methoxy groups -OCH3 is 1. The van der Waals surface area contributed by atoms with E-state index in [1.807, 2.05) is 6.92 Å². The van der Waals surface area contributed by atoms with E-state index in [2.05, 4.69) is 4.74 Å². The number of allylic oxidation sites excluding steroid dienone is 1. The first kappa shape index (κ1) is 16.9. The fourth-order valence-electron chi connectivity index (χ4n) is 1.43. The Labute approximate surface area is 123 Å². The molecule has 0 heterocycles. The third-order valence-corrected chi connectivity index (χ3v) is 3.71. The summed E-state index contributed by atoms with van der Waals surface area (Å²) >= 11 is 0. The van der Waals surface area contributed by atoms with Crippen molar-refractivity contribution in [3.05, 3.63) is 41.7 Å². The first-order valence-corrected chi connectivity index (χ1v) is 7.44. The Morgan fingerprint density at radius 1 is 1.19 bits per heavy atom. The molecule has 0 atom stereocenters. The largest absolute Gasteiger partial charge is 0.466 e. The molecule has 1 aromatic carbocycles. The van der Waals surface area contributed by atoms with E-state index in [0.717, 1.165) is 18.7 Å². The first-order chi connectivity index (χ1) is 9.74. The Morgan fingerprint density at radius 3 is 2.24 bits per heavy atom. The average molecular weight is 312 g/mol. The number of Topliss-reactive ketones (excluding diaryl/α,β-unsaturated/α-hetero) is 1. The van der Waals surface area contributed by atoms with Crippen molar-refractivity contribution < 1.29 is 26.9 Å². The summed E-state index contributed by atoms with van der Waals surface area (Å²) in [6.45, 7) is 3.07. The molecule has 7 heteroatoms. The first-order valence-electron chi connectivity index (χ1n) is 6.03. The van der Waals surface area contributed by atoms with Gasteiger partial charge in [-0.2, -0.15) is 8.42 Å². The topological polar surface area (TPSA) is 86.7 Å². The number of aryl methyl sites for hydroxylation is 1. The SMILES string of the molecule is COC(=O)/C=C(/CC(C)=O)OS(=O)(=O)c1ccc(C)cc1. The molecule has 114 valence electrons. The zero-order valence-electron chi connectivity index (χ0n) is 12.0. The van der Waals surface area contributed by atoms with Gasteiger partial charge in [0.05, 0.1) is 19.6 Å². The van der Waals surface area contributed by atoms with Gasteiger partial charge in [0.25, 0.3) is 0 Å². The van der Waals surface area contributed by atoms with Crippen LogP contribution in [0.3, 0.4) is 0 Å². The van der Waals surface area contributed by atoms with Crippen LogP contribution in [0.25, 0.3) is 0 Å². The molecule has 0 aliphatic heterocycles. The second-order valence-corrected chi connectivity index (χ2v) is 5.91. The number of ether oxygens (including phenoxy) is 1. The highest BCUT2D eigenvalue weighted by Crippen LogP contribution is 2.18. The predicted octanol–water partition coefficient (Wildman–Crippen LogP) is 1.74. The number of benzene rings is 1. The van der Waals surface area contributed by atoms with Crippen LogP contribution in [-0.2, 0) is 28.6 Å². The fraction of sp³-hybridized carbons (Fsp3) is 0.286. The lowest BCUT2D eigenvalue weighted by molar-refractivity contribution is -0.135. The van der Waals surface area contributed by atoms with Gasteiger partial charge in [0.2, 0.25) is 0 Å². The molecule has 0 spiro atoms. The lowest BCUT2D eigenvalue weighted by Crippen LogP contribution is -2.10. The molecule has 0 saturated heterocycles. The molecule has 1 aromatic rings. The summed E-state index contributed by atoms with van der Waals surface area (Å²) in [6.07, 6.45) is 0.521. The molecule has 1 rings (SSSR count). The van der Waals surface area contributed by atoms with Gasteiger partial charge in [-0.1, -0.05) is 17.7 Å². The summed E-state index contributed by atoms with van der Waals surface area (Å²) in [5, 5.41) is 0. The molecule has 0 amide bonds. The van der Waals surface area contributed by atoms with Crippen molar-refractivity contribution in [1.82, 2.24) is 0 Å². The normalized spacial score (nSPS) is 11.9. The third kappa shape index (κ3) is 5.39. The Bertz CT molecular complexity index is 655. The van der Waals surface area contributed by atoms with Crippen LogP contribution in [-0.4, -0.2) is 27.3 Å². The van der Waals surface area contributed by atoms with Gasteiger partial charge in [0.15, 0.2) is 0 Å². The van der Waals surface area contributed by atoms with E-state index in [1.54, 1.807) is 12.1 Å². The minimum absolute atomic E-state index is 0.0626. The van der Waals surface area contributed by atoms with Gasteiger partial charge < -0.3 is 8.92 Å². The second kappa shape index (κ2) is 7.03. The molecule has 0 aromatic heterocycles. The lowest BCUT2D eigenvalue weighted by atomic mass is 10.2. The molecule has 0 aliphatic rings. The van der Waals surface area contributed by atoms with E-state index < -0.39 is 16.1 Å². The van der Waals surface area contributed by atoms with E-state index in [4.69, 9.17) is 4.18 Å². The quantitative estimate of drug-likeness (QED) is 0.344. The molecule has 6 nitrogen and oxygen atoms in total. The van der Waals surface area contributed by atoms with Crippen LogP contribution < -0.4 is 0 Å². The summed E-state index contributed by atoms with van der Waals surface area (Å²) in [7, 11) is -2.97. The van der Waals surface area contributed by atoms with E-state index in [-0.39, 0.29) is 22.9 Å². The minimum Gasteiger partial charge on any atom is -0.466 e. The van der Waals surface area contributed by atoms with Crippen LogP contribution in [0.4, 0.5) is 0 Å². The summed E-state index contributed by atoms with van der Waals surface area (Å²) in [4.78, 5) is 22.2. The maximum atomic E-state index is 12.1. The molecule has 0 radical (unpaired) electrons. The zero-order valence-corrected chi connectivity index (χ0v) is 12.8. The van der Waals surface area contributed by atoms with E-state index in [0.29, 0.717) is 0 Å². The van der Waals surface area contributed by atoms with Crippen LogP contribution in [0.5, 0.6) is 0 Å². The van der Waals surface area contributed by atoms with Gasteiger partial charge in [0, 0.05) is 0 Å². The smallest absolute Gasteiger partial charge is 0.338 e. The fourth-order valence-corrected chi connectivity index (χ4v) is 2.39. The summed E-state index contributed by atoms with van der Waals surface area (Å²) in [5.74, 6) is -1.43. The maximum absolute atomic E-state index is 12.1. The average Bonchev–Trinajstić information content (AvgIpc) is 2.37. The van der Waals surface area contributed by atoms with Gasteiger partial charge >= 0.3 is 16.1 Å². The number of ketones is 1. The van der Waals surface area contributed by atoms with Gasteiger partial charge in [-0.15, -0.1) is 0 Å². The standard InChI is InChI=1S/C14H16O6S/c1-10-4-6-13(7-5-10)21(17,18)20-12(8-11(2)15)9-14(16)19-3/h4-7,9H,8H2,1-3H3/b12-9-. The van der Waals surface area contributed by atoms with Crippen LogP contribution in [0.2, 0.25) is 0 Å². The van der Waals surface area contributed by atoms with E-state index >= 15 is 0 Å². The van der Waals surface area contributed by atoms with Crippen LogP contribution in [0, 0.1) is 6.92 Å². The van der Waals surface area contributed by atoms with Crippen molar-refractivity contribution in [2.24, 2.45) is 0 Å². The van der Waals surface area contributed by atoms with Crippen molar-refractivity contribution in [1.29, 1.82) is 0 Å². The third-order valence-electron chi connectivity index (χ3n) is 2.43. The summed E-state index contributed by atoms with van der Waals surface area (Å²) < 4.78 is 33.4. The predicted molar refractivity (Wildman–Crippen MR) is 74.8 cm³/mol. The molecule has 0 N–H and O–H groups in total. The maximum Gasteiger partial charge on any atom is 0.338 e. The highest BCUT2D eigenvalue weighted by atomic mass is 32.2. The van der Waals surface area contributed by atoms with Crippen molar-refractivity contribution >= 4 is 21.9 Å². The Kier molecular flexibility index (Phi) is 5.66. The number of rotatable bonds is 6. The van der Waals surface area contributed by atoms with Crippen LogP contribution in [0.1, 0.15) is 18.9 Å². The van der Waals surface area contributed by atoms with Crippen LogP contribution >= 0.6 is 0 Å². The van der Waals surface area contributed by atoms with Gasteiger partial charge in [0.1, 0.15) is 16.4 Å². The zero-order chi connectivity index (χ0) is 16.0. The molecule has 0 unspecified atom stereocenters. The van der Waals surface area contributed by atoms with Crippen molar-refractivity contribution in [2.45, 2.75) is 25.2 Å². The van der Waals surface area contributed by atoms with Crippen molar-refractivity contribution in [2.75, 3.05) is 7.11 Å². The van der Waals surface area contributed by atoms with Gasteiger partial charge in [-0.3, -0.25) is 4.79 Å². The Morgan fingerprint density at radius 2 is 1.76 bits per heavy atom. The summed E-state index contributed by atoms with van der Waals surface area (Å²) in [6, 6.07) is 6.00. The van der Waals surface area contributed by atoms with Crippen molar-refractivity contribution in [3.8, 4) is 0 Å². The lowest BCUT2D eigenvalue weighted by Gasteiger charge is -2.09. The molecule has 21 heavy (non-hydrogen) atoms. The molecule has 0 fully saturated rings. The van der Waals surface area contributed by atoms with Crippen LogP contribution in [0.15, 0.2) is 41.0 Å². The molecule has 0 aliphatic carbocycles. The highest BCUT2D eigenvalue weighted by Gasteiger charge is 2.19. The Hall–Kier alpha value is -2.15. The number of esters is 1. The van der Waals surface area contributed by atoms with Gasteiger partial charge in [-0.05, 0) is 26.0 Å². The molecular weight excluding hydrogens is 296 g/mol. The van der Waals surface area contributed by atoms with Crippen molar-refractivity contribution in [3.63, 3.8) is 0 Å². The molecular formula is C14H16O6S. The Balaban J connectivity index is 3.06. The highest BCUT2D eigenvalue weighted by molar-refractivity contribution is 7.86. The minimum atomic E-state index is -4.10. The number of hydrogen-bond acceptors (Lipinski definition) is 6. The van der Waals surface area contributed by atoms with E-state index in [9.17, 15) is 18.0 Å². The van der Waals surface area contributed by atoms with Gasteiger partial charge in [-0.25, -0.2) is 4.79 Å². The molecule has 0 saturated carbocycles. The van der Waals surface area contributed by atoms with E-state index in [1.165, 1.54) is 19.1 Å². The number of hydrogen-bond donors (Lipinski definition) is 0. The molecule has 0 bridgehead atoms. The summed E-state index contributed by atoms with van der Waals surface area (Å²) in [5.41, 5.74) is 0.892. The second-order valence-electron chi connectivity index (χ2n) is 4.36. The number of carbonyl (C=O) groups excluding carboxylic acids is 2. The monoisotopic (exact) mass is 312 g/mol. The number of carbonyl (C=O) groups is 2.